The maximum Gasteiger partial charge on any atom is 0.344 e. The first kappa shape index (κ1) is 11.9. The van der Waals surface area contributed by atoms with E-state index in [2.05, 4.69) is 15.2 Å². The van der Waals surface area contributed by atoms with Crippen LogP contribution in [0.1, 0.15) is 29.4 Å². The molecule has 0 bridgehead atoms. The van der Waals surface area contributed by atoms with Crippen LogP contribution in [0.4, 0.5) is 0 Å². The van der Waals surface area contributed by atoms with Gasteiger partial charge in [0.1, 0.15) is 10.7 Å². The van der Waals surface area contributed by atoms with Gasteiger partial charge in [0.15, 0.2) is 16.4 Å². The van der Waals surface area contributed by atoms with Crippen LogP contribution < -0.4 is 5.69 Å². The van der Waals surface area contributed by atoms with E-state index in [0.717, 1.165) is 24.1 Å². The van der Waals surface area contributed by atoms with Gasteiger partial charge < -0.3 is 0 Å². The summed E-state index contributed by atoms with van der Waals surface area (Å²) in [5.74, 6) is 0. The Morgan fingerprint density at radius 1 is 1.50 bits per heavy atom. The molecule has 3 heterocycles. The predicted molar refractivity (Wildman–Crippen MR) is 73.7 cm³/mol. The van der Waals surface area contributed by atoms with Gasteiger partial charge in [-0.25, -0.2) is 14.9 Å². The minimum atomic E-state index is -0.205. The molecule has 0 atom stereocenters. The highest BCUT2D eigenvalue weighted by Gasteiger charge is 2.29. The molecule has 3 aromatic rings. The largest absolute Gasteiger partial charge is 0.344 e. The van der Waals surface area contributed by atoms with Crippen LogP contribution in [0.3, 0.4) is 0 Å². The molecule has 20 heavy (non-hydrogen) atoms. The van der Waals surface area contributed by atoms with Gasteiger partial charge in [-0.2, -0.15) is 0 Å². The summed E-state index contributed by atoms with van der Waals surface area (Å²) >= 11 is 2.71. The van der Waals surface area contributed by atoms with Crippen molar-refractivity contribution in [2.24, 2.45) is 0 Å². The molecule has 3 aromatic heterocycles. The van der Waals surface area contributed by atoms with Gasteiger partial charge in [-0.15, -0.1) is 16.4 Å². The van der Waals surface area contributed by atoms with Gasteiger partial charge in [0, 0.05) is 17.6 Å². The maximum atomic E-state index is 11.7. The van der Waals surface area contributed by atoms with E-state index in [1.807, 2.05) is 5.38 Å². The molecule has 0 aromatic carbocycles. The molecule has 9 heteroatoms. The summed E-state index contributed by atoms with van der Waals surface area (Å²) in [5, 5.41) is 9.50. The van der Waals surface area contributed by atoms with Gasteiger partial charge in [0.2, 0.25) is 0 Å². The minimum absolute atomic E-state index is 0.205. The highest BCUT2D eigenvalue weighted by atomic mass is 32.2. The van der Waals surface area contributed by atoms with Crippen molar-refractivity contribution in [1.82, 2.24) is 24.1 Å². The molecule has 102 valence electrons. The molecule has 0 amide bonds. The average Bonchev–Trinajstić information content (AvgIpc) is 2.90. The molecule has 0 saturated heterocycles. The standard InChI is InChI=1S/C11H9N5O2S2/c17-5-7-8(12-10-15(7)3-4-19-10)20-11-14-13-9(18)16(11)6-1-2-6/h3-6H,1-2H2,(H,13,18). The Morgan fingerprint density at radius 2 is 2.35 bits per heavy atom. The molecular weight excluding hydrogens is 298 g/mol. The second-order valence-corrected chi connectivity index (χ2v) is 6.32. The third-order valence-corrected chi connectivity index (χ3v) is 4.87. The lowest BCUT2D eigenvalue weighted by Gasteiger charge is -2.01. The van der Waals surface area contributed by atoms with E-state index in [1.165, 1.54) is 23.1 Å². The zero-order valence-electron chi connectivity index (χ0n) is 10.1. The number of nitrogens with one attached hydrogen (secondary N) is 1. The smallest absolute Gasteiger partial charge is 0.296 e. The molecule has 1 aliphatic carbocycles. The van der Waals surface area contributed by atoms with E-state index in [4.69, 9.17) is 0 Å². The SMILES string of the molecule is O=Cc1c(Sc2n[nH]c(=O)n2C2CC2)nc2sccn12. The Kier molecular flexibility index (Phi) is 2.57. The highest BCUT2D eigenvalue weighted by molar-refractivity contribution is 7.99. The predicted octanol–water partition coefficient (Wildman–Crippen LogP) is 1.58. The van der Waals surface area contributed by atoms with Crippen molar-refractivity contribution in [3.8, 4) is 0 Å². The Morgan fingerprint density at radius 3 is 3.10 bits per heavy atom. The number of fused-ring (bicyclic) bond motifs is 1. The highest BCUT2D eigenvalue weighted by Crippen LogP contribution is 2.38. The van der Waals surface area contributed by atoms with Crippen molar-refractivity contribution in [3.05, 3.63) is 27.8 Å². The van der Waals surface area contributed by atoms with Gasteiger partial charge in [-0.1, -0.05) is 0 Å². The Labute approximate surface area is 120 Å². The normalized spacial score (nSPS) is 15.0. The van der Waals surface area contributed by atoms with E-state index in [1.54, 1.807) is 15.2 Å². The minimum Gasteiger partial charge on any atom is -0.296 e. The Hall–Kier alpha value is -1.87. The van der Waals surface area contributed by atoms with Crippen LogP contribution in [-0.4, -0.2) is 30.4 Å². The Bertz CT molecular complexity index is 854. The number of carbonyl (C=O) groups excluding carboxylic acids is 1. The van der Waals surface area contributed by atoms with Crippen LogP contribution in [0.5, 0.6) is 0 Å². The van der Waals surface area contributed by atoms with E-state index in [0.29, 0.717) is 15.9 Å². The number of aldehydes is 1. The molecule has 0 unspecified atom stereocenters. The summed E-state index contributed by atoms with van der Waals surface area (Å²) in [7, 11) is 0. The van der Waals surface area contributed by atoms with Gasteiger partial charge in [0.25, 0.3) is 0 Å². The number of imidazole rings is 1. The van der Waals surface area contributed by atoms with E-state index >= 15 is 0 Å². The summed E-state index contributed by atoms with van der Waals surface area (Å²) in [6.07, 6.45) is 4.57. The van der Waals surface area contributed by atoms with Crippen LogP contribution in [-0.2, 0) is 0 Å². The van der Waals surface area contributed by atoms with E-state index in [-0.39, 0.29) is 11.7 Å². The number of carbonyl (C=O) groups is 1. The molecular formula is C11H9N5O2S2. The fourth-order valence-corrected chi connectivity index (χ4v) is 3.83. The monoisotopic (exact) mass is 307 g/mol. The molecule has 0 aliphatic heterocycles. The first-order valence-corrected chi connectivity index (χ1v) is 7.73. The summed E-state index contributed by atoms with van der Waals surface area (Å²) in [6, 6.07) is 0.229. The van der Waals surface area contributed by atoms with Crippen molar-refractivity contribution in [1.29, 1.82) is 0 Å². The van der Waals surface area contributed by atoms with Gasteiger partial charge >= 0.3 is 5.69 Å². The molecule has 0 spiro atoms. The molecule has 0 radical (unpaired) electrons. The quantitative estimate of drug-likeness (QED) is 0.740. The fraction of sp³-hybridized carbons (Fsp3) is 0.273. The number of thiazole rings is 1. The molecule has 1 fully saturated rings. The first-order valence-electron chi connectivity index (χ1n) is 6.03. The van der Waals surface area contributed by atoms with Crippen LogP contribution >= 0.6 is 23.1 Å². The van der Waals surface area contributed by atoms with Crippen molar-refractivity contribution >= 4 is 34.3 Å². The van der Waals surface area contributed by atoms with Crippen LogP contribution in [0.2, 0.25) is 0 Å². The second kappa shape index (κ2) is 4.32. The summed E-state index contributed by atoms with van der Waals surface area (Å²) in [6.45, 7) is 0. The molecule has 1 saturated carbocycles. The van der Waals surface area contributed by atoms with Crippen molar-refractivity contribution in [3.63, 3.8) is 0 Å². The van der Waals surface area contributed by atoms with Crippen LogP contribution in [0.15, 0.2) is 26.6 Å². The van der Waals surface area contributed by atoms with Crippen molar-refractivity contribution in [2.45, 2.75) is 29.1 Å². The number of hydrogen-bond acceptors (Lipinski definition) is 6. The van der Waals surface area contributed by atoms with E-state index in [9.17, 15) is 9.59 Å². The second-order valence-electron chi connectivity index (χ2n) is 4.49. The fourth-order valence-electron chi connectivity index (χ4n) is 2.07. The summed E-state index contributed by atoms with van der Waals surface area (Å²) < 4.78 is 3.39. The van der Waals surface area contributed by atoms with Crippen molar-refractivity contribution in [2.75, 3.05) is 0 Å². The molecule has 1 N–H and O–H groups in total. The Balaban J connectivity index is 1.79. The number of nitrogens with zero attached hydrogens (tertiary/aromatic N) is 4. The summed E-state index contributed by atoms with van der Waals surface area (Å²) in [5.41, 5.74) is 0.285. The van der Waals surface area contributed by atoms with Crippen molar-refractivity contribution < 1.29 is 4.79 Å². The van der Waals surface area contributed by atoms with Gasteiger partial charge in [0.05, 0.1) is 0 Å². The van der Waals surface area contributed by atoms with Gasteiger partial charge in [-0.05, 0) is 24.6 Å². The third kappa shape index (κ3) is 1.74. The molecule has 7 nitrogen and oxygen atoms in total. The zero-order valence-corrected chi connectivity index (χ0v) is 11.8. The van der Waals surface area contributed by atoms with E-state index < -0.39 is 0 Å². The number of aromatic amines is 1. The van der Waals surface area contributed by atoms with Crippen LogP contribution in [0, 0.1) is 0 Å². The lowest BCUT2D eigenvalue weighted by Crippen LogP contribution is -2.16. The third-order valence-electron chi connectivity index (χ3n) is 3.15. The molecule has 1 aliphatic rings. The maximum absolute atomic E-state index is 11.7. The lowest BCUT2D eigenvalue weighted by molar-refractivity contribution is 0.111. The zero-order chi connectivity index (χ0) is 13.7. The molecule has 4 rings (SSSR count). The van der Waals surface area contributed by atoms with Gasteiger partial charge in [-0.3, -0.25) is 13.8 Å². The number of H-pyrrole nitrogens is 1. The number of aromatic nitrogens is 5. The lowest BCUT2D eigenvalue weighted by atomic mass is 10.5. The average molecular weight is 307 g/mol. The number of rotatable bonds is 4. The number of hydrogen-bond donors (Lipinski definition) is 1. The summed E-state index contributed by atoms with van der Waals surface area (Å²) in [4.78, 5) is 28.2. The first-order chi connectivity index (χ1) is 9.78. The van der Waals surface area contributed by atoms with Crippen LogP contribution in [0.25, 0.3) is 4.96 Å². The topological polar surface area (TPSA) is 85.0 Å².